The molecule has 0 fully saturated rings. The van der Waals surface area contributed by atoms with E-state index in [-0.39, 0.29) is 4.83 Å². The van der Waals surface area contributed by atoms with Crippen LogP contribution >= 0.6 is 15.9 Å². The van der Waals surface area contributed by atoms with Crippen LogP contribution in [0.15, 0.2) is 36.4 Å². The van der Waals surface area contributed by atoms with Crippen LogP contribution in [0.2, 0.25) is 0 Å². The van der Waals surface area contributed by atoms with Crippen LogP contribution in [0.5, 0.6) is 5.75 Å². The van der Waals surface area contributed by atoms with Crippen molar-refractivity contribution in [3.63, 3.8) is 0 Å². The minimum Gasteiger partial charge on any atom is -0.494 e. The smallest absolute Gasteiger partial charge is 0.123 e. The lowest BCUT2D eigenvalue weighted by atomic mass is 9.99. The highest BCUT2D eigenvalue weighted by molar-refractivity contribution is 9.09. The molecule has 21 heavy (non-hydrogen) atoms. The summed E-state index contributed by atoms with van der Waals surface area (Å²) in [5.74, 6) is 0.980. The summed E-state index contributed by atoms with van der Waals surface area (Å²) >= 11 is 3.84. The fraction of sp³-hybridized carbons (Fsp3) is 0.368. The van der Waals surface area contributed by atoms with E-state index in [9.17, 15) is 0 Å². The second kappa shape index (κ2) is 7.13. The Labute approximate surface area is 136 Å². The van der Waals surface area contributed by atoms with E-state index in [1.165, 1.54) is 27.8 Å². The number of hydrogen-bond acceptors (Lipinski definition) is 1. The summed E-state index contributed by atoms with van der Waals surface area (Å²) in [6.07, 6.45) is 0.963. The highest BCUT2D eigenvalue weighted by Crippen LogP contribution is 2.35. The van der Waals surface area contributed by atoms with Crippen molar-refractivity contribution in [3.8, 4) is 5.75 Å². The molecule has 1 atom stereocenters. The van der Waals surface area contributed by atoms with Gasteiger partial charge in [0.25, 0.3) is 0 Å². The summed E-state index contributed by atoms with van der Waals surface area (Å²) in [5, 5.41) is 0. The molecule has 0 aliphatic rings. The maximum absolute atomic E-state index is 5.76. The second-order valence-electron chi connectivity index (χ2n) is 5.56. The minimum absolute atomic E-state index is 0.265. The van der Waals surface area contributed by atoms with Crippen molar-refractivity contribution in [2.45, 2.75) is 38.9 Å². The SMILES string of the molecule is CCOc1ccc(C)cc1C(Br)Cc1ccc(C)c(C)c1. The standard InChI is InChI=1S/C19H23BrO/c1-5-21-19-9-6-13(2)10-17(19)18(20)12-16-8-7-14(3)15(4)11-16/h6-11,18H,5,12H2,1-4H3. The fourth-order valence-electron chi connectivity index (χ4n) is 2.45. The zero-order chi connectivity index (χ0) is 15.4. The van der Waals surface area contributed by atoms with Crippen molar-refractivity contribution in [1.82, 2.24) is 0 Å². The van der Waals surface area contributed by atoms with Gasteiger partial charge in [0, 0.05) is 10.4 Å². The molecule has 1 nitrogen and oxygen atoms in total. The number of alkyl halides is 1. The zero-order valence-corrected chi connectivity index (χ0v) is 14.8. The Hall–Kier alpha value is -1.28. The van der Waals surface area contributed by atoms with Crippen LogP contribution in [0.1, 0.15) is 39.6 Å². The number of rotatable bonds is 5. The van der Waals surface area contributed by atoms with Crippen molar-refractivity contribution in [1.29, 1.82) is 0 Å². The van der Waals surface area contributed by atoms with E-state index < -0.39 is 0 Å². The molecule has 0 N–H and O–H groups in total. The fourth-order valence-corrected chi connectivity index (χ4v) is 3.18. The largest absolute Gasteiger partial charge is 0.494 e. The van der Waals surface area contributed by atoms with Gasteiger partial charge in [0.2, 0.25) is 0 Å². The maximum atomic E-state index is 5.76. The van der Waals surface area contributed by atoms with Crippen molar-refractivity contribution in [3.05, 3.63) is 64.2 Å². The zero-order valence-electron chi connectivity index (χ0n) is 13.2. The first-order valence-electron chi connectivity index (χ1n) is 7.44. The summed E-state index contributed by atoms with van der Waals surface area (Å²) in [4.78, 5) is 0.265. The quantitative estimate of drug-likeness (QED) is 0.632. The summed E-state index contributed by atoms with van der Waals surface area (Å²) in [5.41, 5.74) is 6.54. The van der Waals surface area contributed by atoms with Crippen LogP contribution in [0.4, 0.5) is 0 Å². The molecule has 0 aromatic heterocycles. The molecule has 1 unspecified atom stereocenters. The molecular weight excluding hydrogens is 324 g/mol. The van der Waals surface area contributed by atoms with Gasteiger partial charge in [-0.3, -0.25) is 0 Å². The number of hydrogen-bond donors (Lipinski definition) is 0. The molecule has 0 heterocycles. The van der Waals surface area contributed by atoms with Crippen molar-refractivity contribution >= 4 is 15.9 Å². The van der Waals surface area contributed by atoms with Gasteiger partial charge in [-0.2, -0.15) is 0 Å². The number of aryl methyl sites for hydroxylation is 3. The van der Waals surface area contributed by atoms with Gasteiger partial charge in [0.1, 0.15) is 5.75 Å². The third-order valence-corrected chi connectivity index (χ3v) is 4.61. The first-order chi connectivity index (χ1) is 10.0. The Kier molecular flexibility index (Phi) is 5.46. The van der Waals surface area contributed by atoms with Crippen LogP contribution in [-0.2, 0) is 6.42 Å². The Bertz CT molecular complexity index is 619. The minimum atomic E-state index is 0.265. The highest BCUT2D eigenvalue weighted by atomic mass is 79.9. The van der Waals surface area contributed by atoms with Crippen LogP contribution < -0.4 is 4.74 Å². The van der Waals surface area contributed by atoms with Gasteiger partial charge in [0.05, 0.1) is 6.61 Å². The normalized spacial score (nSPS) is 12.2. The van der Waals surface area contributed by atoms with E-state index in [0.29, 0.717) is 6.61 Å². The van der Waals surface area contributed by atoms with E-state index in [2.05, 4.69) is 73.1 Å². The third kappa shape index (κ3) is 4.10. The lowest BCUT2D eigenvalue weighted by Crippen LogP contribution is -2.02. The van der Waals surface area contributed by atoms with E-state index in [4.69, 9.17) is 4.74 Å². The molecular formula is C19H23BrO. The Morgan fingerprint density at radius 1 is 1.00 bits per heavy atom. The predicted molar refractivity (Wildman–Crippen MR) is 93.6 cm³/mol. The number of benzene rings is 2. The van der Waals surface area contributed by atoms with E-state index >= 15 is 0 Å². The van der Waals surface area contributed by atoms with Gasteiger partial charge in [-0.1, -0.05) is 51.8 Å². The molecule has 2 rings (SSSR count). The molecule has 0 aliphatic heterocycles. The first kappa shape index (κ1) is 16.1. The van der Waals surface area contributed by atoms with Crippen LogP contribution in [0.25, 0.3) is 0 Å². The van der Waals surface area contributed by atoms with Crippen molar-refractivity contribution in [2.24, 2.45) is 0 Å². The molecule has 0 saturated carbocycles. The molecule has 0 radical (unpaired) electrons. The van der Waals surface area contributed by atoms with Crippen LogP contribution in [0, 0.1) is 20.8 Å². The van der Waals surface area contributed by atoms with Gasteiger partial charge in [0.15, 0.2) is 0 Å². The summed E-state index contributed by atoms with van der Waals surface area (Å²) in [6.45, 7) is 9.16. The van der Waals surface area contributed by atoms with E-state index in [0.717, 1.165) is 12.2 Å². The van der Waals surface area contributed by atoms with Crippen LogP contribution in [0.3, 0.4) is 0 Å². The third-order valence-electron chi connectivity index (χ3n) is 3.79. The van der Waals surface area contributed by atoms with Gasteiger partial charge in [-0.25, -0.2) is 0 Å². The van der Waals surface area contributed by atoms with E-state index in [1.54, 1.807) is 0 Å². The average Bonchev–Trinajstić information content (AvgIpc) is 2.45. The van der Waals surface area contributed by atoms with Crippen molar-refractivity contribution in [2.75, 3.05) is 6.61 Å². The molecule has 2 aromatic carbocycles. The Morgan fingerprint density at radius 2 is 1.76 bits per heavy atom. The molecule has 0 bridgehead atoms. The lowest BCUT2D eigenvalue weighted by Gasteiger charge is -2.17. The summed E-state index contributed by atoms with van der Waals surface area (Å²) < 4.78 is 5.76. The van der Waals surface area contributed by atoms with Gasteiger partial charge >= 0.3 is 0 Å². The molecule has 112 valence electrons. The molecule has 2 aromatic rings. The number of halogens is 1. The summed E-state index contributed by atoms with van der Waals surface area (Å²) in [7, 11) is 0. The molecule has 0 aliphatic carbocycles. The maximum Gasteiger partial charge on any atom is 0.123 e. The summed E-state index contributed by atoms with van der Waals surface area (Å²) in [6, 6.07) is 13.1. The lowest BCUT2D eigenvalue weighted by molar-refractivity contribution is 0.336. The second-order valence-corrected chi connectivity index (χ2v) is 6.67. The highest BCUT2D eigenvalue weighted by Gasteiger charge is 2.14. The Balaban J connectivity index is 2.24. The molecule has 2 heteroatoms. The van der Waals surface area contributed by atoms with Crippen molar-refractivity contribution < 1.29 is 4.74 Å². The topological polar surface area (TPSA) is 9.23 Å². The monoisotopic (exact) mass is 346 g/mol. The molecule has 0 spiro atoms. The van der Waals surface area contributed by atoms with E-state index in [1.807, 2.05) is 6.92 Å². The Morgan fingerprint density at radius 3 is 2.43 bits per heavy atom. The van der Waals surface area contributed by atoms with Gasteiger partial charge in [-0.15, -0.1) is 0 Å². The number of ether oxygens (including phenoxy) is 1. The first-order valence-corrected chi connectivity index (χ1v) is 8.36. The van der Waals surface area contributed by atoms with Gasteiger partial charge < -0.3 is 4.74 Å². The molecule has 0 amide bonds. The average molecular weight is 347 g/mol. The predicted octanol–water partition coefficient (Wildman–Crippen LogP) is 5.69. The molecule has 0 saturated heterocycles. The van der Waals surface area contributed by atoms with Crippen LogP contribution in [-0.4, -0.2) is 6.61 Å². The van der Waals surface area contributed by atoms with Gasteiger partial charge in [-0.05, 0) is 56.9 Å².